The molecule has 0 aliphatic rings. The van der Waals surface area contributed by atoms with Gasteiger partial charge in [0.15, 0.2) is 5.78 Å². The van der Waals surface area contributed by atoms with Crippen molar-refractivity contribution in [3.05, 3.63) is 35.2 Å². The minimum atomic E-state index is 0.161. The van der Waals surface area contributed by atoms with Crippen molar-refractivity contribution in [1.82, 2.24) is 5.32 Å². The predicted molar refractivity (Wildman–Crippen MR) is 60.1 cm³/mol. The maximum Gasteiger partial charge on any atom is 0.186 e. The highest BCUT2D eigenvalue weighted by Crippen LogP contribution is 2.25. The third kappa shape index (κ3) is 1.69. The van der Waals surface area contributed by atoms with E-state index in [4.69, 9.17) is 0 Å². The number of fused-ring (bicyclic) bond motifs is 1. The molecule has 0 aliphatic carbocycles. The summed E-state index contributed by atoms with van der Waals surface area (Å²) in [5, 5.41) is 4.02. The van der Waals surface area contributed by atoms with Gasteiger partial charge in [0.1, 0.15) is 0 Å². The normalized spacial score (nSPS) is 10.6. The number of hydrogen-bond donors (Lipinski definition) is 1. The first-order valence-corrected chi connectivity index (χ1v) is 5.29. The van der Waals surface area contributed by atoms with Crippen molar-refractivity contribution in [2.45, 2.75) is 0 Å². The fraction of sp³-hybridized carbons (Fsp3) is 0.182. The second kappa shape index (κ2) is 3.90. The molecule has 0 aliphatic heterocycles. The highest BCUT2D eigenvalue weighted by Gasteiger charge is 2.08. The van der Waals surface area contributed by atoms with Gasteiger partial charge in [0.25, 0.3) is 0 Å². The van der Waals surface area contributed by atoms with E-state index in [9.17, 15) is 4.79 Å². The van der Waals surface area contributed by atoms with E-state index in [0.29, 0.717) is 6.54 Å². The standard InChI is InChI=1S/C11H11NOS/c1-12-7-9(13)11-6-8-4-2-3-5-10(8)14-11/h2-6,12H,7H2,1H3. The van der Waals surface area contributed by atoms with Gasteiger partial charge in [0.05, 0.1) is 11.4 Å². The van der Waals surface area contributed by atoms with Gasteiger partial charge in [-0.1, -0.05) is 18.2 Å². The molecule has 2 nitrogen and oxygen atoms in total. The van der Waals surface area contributed by atoms with Gasteiger partial charge in [-0.15, -0.1) is 11.3 Å². The highest BCUT2D eigenvalue weighted by atomic mass is 32.1. The number of hydrogen-bond acceptors (Lipinski definition) is 3. The van der Waals surface area contributed by atoms with Gasteiger partial charge in [-0.25, -0.2) is 0 Å². The second-order valence-corrected chi connectivity index (χ2v) is 4.19. The Labute approximate surface area is 86.6 Å². The van der Waals surface area contributed by atoms with Crippen molar-refractivity contribution >= 4 is 27.2 Å². The average Bonchev–Trinajstić information content (AvgIpc) is 2.61. The SMILES string of the molecule is CNCC(=O)c1cc2ccccc2s1. The van der Waals surface area contributed by atoms with Crippen molar-refractivity contribution in [2.24, 2.45) is 0 Å². The minimum absolute atomic E-state index is 0.161. The van der Waals surface area contributed by atoms with Crippen LogP contribution in [0, 0.1) is 0 Å². The Bertz CT molecular complexity index is 428. The number of thiophene rings is 1. The number of ketones is 1. The fourth-order valence-electron chi connectivity index (χ4n) is 1.37. The number of nitrogens with one attached hydrogen (secondary N) is 1. The summed E-state index contributed by atoms with van der Waals surface area (Å²) in [7, 11) is 1.78. The molecule has 3 heteroatoms. The van der Waals surface area contributed by atoms with Gasteiger partial charge in [0, 0.05) is 4.70 Å². The Morgan fingerprint density at radius 2 is 2.21 bits per heavy atom. The summed E-state index contributed by atoms with van der Waals surface area (Å²) in [5.41, 5.74) is 0. The van der Waals surface area contributed by atoms with Crippen LogP contribution in [0.5, 0.6) is 0 Å². The summed E-state index contributed by atoms with van der Waals surface area (Å²) < 4.78 is 1.17. The Hall–Kier alpha value is -1.19. The molecular formula is C11H11NOS. The van der Waals surface area contributed by atoms with Gasteiger partial charge >= 0.3 is 0 Å². The van der Waals surface area contributed by atoms with Crippen LogP contribution >= 0.6 is 11.3 Å². The largest absolute Gasteiger partial charge is 0.313 e. The molecule has 0 fully saturated rings. The van der Waals surface area contributed by atoms with E-state index in [0.717, 1.165) is 10.3 Å². The maximum absolute atomic E-state index is 11.6. The zero-order valence-electron chi connectivity index (χ0n) is 7.91. The van der Waals surface area contributed by atoms with E-state index in [2.05, 4.69) is 5.32 Å². The van der Waals surface area contributed by atoms with E-state index in [1.807, 2.05) is 30.3 Å². The Balaban J connectivity index is 2.40. The molecule has 1 heterocycles. The molecule has 0 unspecified atom stereocenters. The molecule has 0 saturated heterocycles. The molecule has 0 radical (unpaired) electrons. The van der Waals surface area contributed by atoms with Crippen LogP contribution < -0.4 is 5.32 Å². The van der Waals surface area contributed by atoms with E-state index in [1.165, 1.54) is 4.70 Å². The number of rotatable bonds is 3. The quantitative estimate of drug-likeness (QED) is 0.779. The molecule has 1 aromatic carbocycles. The maximum atomic E-state index is 11.6. The summed E-state index contributed by atoms with van der Waals surface area (Å²) in [4.78, 5) is 12.4. The lowest BCUT2D eigenvalue weighted by Gasteiger charge is -1.93. The highest BCUT2D eigenvalue weighted by molar-refractivity contribution is 7.20. The smallest absolute Gasteiger partial charge is 0.186 e. The number of likely N-dealkylation sites (N-methyl/N-ethyl adjacent to an activating group) is 1. The Kier molecular flexibility index (Phi) is 2.61. The topological polar surface area (TPSA) is 29.1 Å². The van der Waals surface area contributed by atoms with Crippen molar-refractivity contribution in [1.29, 1.82) is 0 Å². The zero-order chi connectivity index (χ0) is 9.97. The van der Waals surface area contributed by atoms with Gasteiger partial charge in [-0.05, 0) is 24.6 Å². The second-order valence-electron chi connectivity index (χ2n) is 3.10. The summed E-state index contributed by atoms with van der Waals surface area (Å²) in [5.74, 6) is 0.161. The molecular weight excluding hydrogens is 194 g/mol. The molecule has 72 valence electrons. The van der Waals surface area contributed by atoms with E-state index >= 15 is 0 Å². The number of carbonyl (C=O) groups is 1. The van der Waals surface area contributed by atoms with Crippen LogP contribution in [-0.2, 0) is 0 Å². The first kappa shape index (κ1) is 9.37. The summed E-state index contributed by atoms with van der Waals surface area (Å²) >= 11 is 1.56. The van der Waals surface area contributed by atoms with Crippen LogP contribution in [0.4, 0.5) is 0 Å². The van der Waals surface area contributed by atoms with Crippen LogP contribution in [-0.4, -0.2) is 19.4 Å². The van der Waals surface area contributed by atoms with Gasteiger partial charge < -0.3 is 5.32 Å². The molecule has 14 heavy (non-hydrogen) atoms. The fourth-order valence-corrected chi connectivity index (χ4v) is 2.37. The molecule has 0 amide bonds. The third-order valence-corrected chi connectivity index (χ3v) is 3.19. The van der Waals surface area contributed by atoms with Crippen molar-refractivity contribution in [3.63, 3.8) is 0 Å². The minimum Gasteiger partial charge on any atom is -0.313 e. The summed E-state index contributed by atoms with van der Waals surface area (Å²) in [6, 6.07) is 10.0. The number of carbonyl (C=O) groups excluding carboxylic acids is 1. The first-order valence-electron chi connectivity index (χ1n) is 4.47. The van der Waals surface area contributed by atoms with Crippen LogP contribution in [0.3, 0.4) is 0 Å². The Morgan fingerprint density at radius 1 is 1.43 bits per heavy atom. The Morgan fingerprint density at radius 3 is 2.93 bits per heavy atom. The summed E-state index contributed by atoms with van der Waals surface area (Å²) in [6.45, 7) is 0.410. The van der Waals surface area contributed by atoms with E-state index in [1.54, 1.807) is 18.4 Å². The zero-order valence-corrected chi connectivity index (χ0v) is 8.73. The van der Waals surface area contributed by atoms with Gasteiger partial charge in [0.2, 0.25) is 0 Å². The van der Waals surface area contributed by atoms with Crippen molar-refractivity contribution in [3.8, 4) is 0 Å². The number of benzene rings is 1. The molecule has 2 rings (SSSR count). The third-order valence-electron chi connectivity index (χ3n) is 2.04. The molecule has 1 aromatic heterocycles. The monoisotopic (exact) mass is 205 g/mol. The number of Topliss-reactive ketones (excluding diaryl/α,β-unsaturated/α-hetero) is 1. The average molecular weight is 205 g/mol. The van der Waals surface area contributed by atoms with Crippen LogP contribution in [0.15, 0.2) is 30.3 Å². The van der Waals surface area contributed by atoms with E-state index < -0.39 is 0 Å². The first-order chi connectivity index (χ1) is 6.81. The van der Waals surface area contributed by atoms with Crippen LogP contribution in [0.25, 0.3) is 10.1 Å². The molecule has 0 atom stereocenters. The summed E-state index contributed by atoms with van der Waals surface area (Å²) in [6.07, 6.45) is 0. The lowest BCUT2D eigenvalue weighted by Crippen LogP contribution is -2.17. The van der Waals surface area contributed by atoms with E-state index in [-0.39, 0.29) is 5.78 Å². The molecule has 1 N–H and O–H groups in total. The predicted octanol–water partition coefficient (Wildman–Crippen LogP) is 2.30. The van der Waals surface area contributed by atoms with Crippen molar-refractivity contribution < 1.29 is 4.79 Å². The van der Waals surface area contributed by atoms with Crippen molar-refractivity contribution in [2.75, 3.05) is 13.6 Å². The van der Waals surface area contributed by atoms with Gasteiger partial charge in [-0.2, -0.15) is 0 Å². The molecule has 2 aromatic rings. The van der Waals surface area contributed by atoms with Crippen LogP contribution in [0.2, 0.25) is 0 Å². The van der Waals surface area contributed by atoms with Gasteiger partial charge in [-0.3, -0.25) is 4.79 Å². The molecule has 0 bridgehead atoms. The lowest BCUT2D eigenvalue weighted by atomic mass is 10.2. The van der Waals surface area contributed by atoms with Crippen LogP contribution in [0.1, 0.15) is 9.67 Å². The lowest BCUT2D eigenvalue weighted by molar-refractivity contribution is 0.0997. The molecule has 0 spiro atoms. The molecule has 0 saturated carbocycles.